The Kier molecular flexibility index (Phi) is 2.56. The second-order valence-corrected chi connectivity index (χ2v) is 4.18. The van der Waals surface area contributed by atoms with Gasteiger partial charge in [-0.15, -0.1) is 0 Å². The number of hydrogen-bond acceptors (Lipinski definition) is 1. The van der Waals surface area contributed by atoms with Crippen LogP contribution in [0.3, 0.4) is 0 Å². The molecule has 1 heterocycles. The summed E-state index contributed by atoms with van der Waals surface area (Å²) in [7, 11) is 0. The zero-order valence-corrected chi connectivity index (χ0v) is 9.58. The Morgan fingerprint density at radius 2 is 1.79 bits per heavy atom. The van der Waals surface area contributed by atoms with Gasteiger partial charge in [0.1, 0.15) is 0 Å². The number of benzene rings is 1. The molecule has 0 atom stereocenters. The van der Waals surface area contributed by atoms with Gasteiger partial charge in [-0.25, -0.2) is 0 Å². The molecule has 0 radical (unpaired) electrons. The minimum absolute atomic E-state index is 0.501. The van der Waals surface area contributed by atoms with E-state index in [-0.39, 0.29) is 0 Å². The van der Waals surface area contributed by atoms with Crippen LogP contribution in [0, 0.1) is 6.92 Å². The van der Waals surface area contributed by atoms with Gasteiger partial charge >= 0.3 is 0 Å². The van der Waals surface area contributed by atoms with Crippen LogP contribution in [0.15, 0.2) is 18.2 Å². The van der Waals surface area contributed by atoms with Crippen LogP contribution in [-0.2, 0) is 0 Å². The summed E-state index contributed by atoms with van der Waals surface area (Å²) in [5.74, 6) is 0. The first-order valence-corrected chi connectivity index (χ1v) is 5.14. The van der Waals surface area contributed by atoms with Gasteiger partial charge in [-0.05, 0) is 25.1 Å². The number of halogens is 3. The Balaban J connectivity index is 2.91. The predicted molar refractivity (Wildman–Crippen MR) is 61.5 cm³/mol. The number of aromatic nitrogens is 1. The van der Waals surface area contributed by atoms with Crippen molar-refractivity contribution < 1.29 is 0 Å². The highest BCUT2D eigenvalue weighted by Gasteiger charge is 2.08. The molecule has 4 heteroatoms. The van der Waals surface area contributed by atoms with Crippen LogP contribution >= 0.6 is 34.8 Å². The lowest BCUT2D eigenvalue weighted by Crippen LogP contribution is -1.87. The van der Waals surface area contributed by atoms with Crippen molar-refractivity contribution in [1.29, 1.82) is 0 Å². The molecule has 0 unspecified atom stereocenters. The van der Waals surface area contributed by atoms with Crippen LogP contribution in [0.2, 0.25) is 15.1 Å². The highest BCUT2D eigenvalue weighted by molar-refractivity contribution is 6.45. The maximum Gasteiger partial charge on any atom is 0.0811 e. The fourth-order valence-corrected chi connectivity index (χ4v) is 1.90. The van der Waals surface area contributed by atoms with Gasteiger partial charge in [-0.2, -0.15) is 0 Å². The van der Waals surface area contributed by atoms with E-state index in [2.05, 4.69) is 4.98 Å². The van der Waals surface area contributed by atoms with E-state index in [0.29, 0.717) is 20.8 Å². The smallest absolute Gasteiger partial charge is 0.0811 e. The number of aryl methyl sites for hydroxylation is 1. The summed E-state index contributed by atoms with van der Waals surface area (Å²) in [4.78, 5) is 4.30. The molecule has 0 saturated carbocycles. The second kappa shape index (κ2) is 3.58. The van der Waals surface area contributed by atoms with Crippen LogP contribution < -0.4 is 0 Å². The van der Waals surface area contributed by atoms with Crippen molar-refractivity contribution in [3.63, 3.8) is 0 Å². The molecule has 2 aromatic rings. The Hall–Kier alpha value is -0.500. The highest BCUT2D eigenvalue weighted by Crippen LogP contribution is 2.32. The molecular weight excluding hydrogens is 240 g/mol. The first kappa shape index (κ1) is 10.0. The molecule has 0 fully saturated rings. The van der Waals surface area contributed by atoms with Gasteiger partial charge in [-0.1, -0.05) is 34.8 Å². The molecule has 0 spiro atoms. The fraction of sp³-hybridized carbons (Fsp3) is 0.100. The van der Waals surface area contributed by atoms with E-state index in [1.54, 1.807) is 12.1 Å². The topological polar surface area (TPSA) is 12.9 Å². The Morgan fingerprint density at radius 1 is 1.07 bits per heavy atom. The molecule has 1 nitrogen and oxygen atoms in total. The molecule has 0 bridgehead atoms. The molecule has 0 saturated heterocycles. The van der Waals surface area contributed by atoms with Crippen molar-refractivity contribution in [2.24, 2.45) is 0 Å². The maximum atomic E-state index is 6.07. The summed E-state index contributed by atoms with van der Waals surface area (Å²) in [5.41, 5.74) is 1.48. The summed E-state index contributed by atoms with van der Waals surface area (Å²) < 4.78 is 0. The summed E-state index contributed by atoms with van der Waals surface area (Å²) >= 11 is 17.9. The second-order valence-electron chi connectivity index (χ2n) is 2.99. The number of fused-ring (bicyclic) bond motifs is 1. The van der Waals surface area contributed by atoms with E-state index < -0.39 is 0 Å². The van der Waals surface area contributed by atoms with E-state index in [4.69, 9.17) is 34.8 Å². The lowest BCUT2D eigenvalue weighted by Gasteiger charge is -2.05. The van der Waals surface area contributed by atoms with Crippen LogP contribution in [0.4, 0.5) is 0 Å². The number of pyridine rings is 1. The normalized spacial score (nSPS) is 10.9. The van der Waals surface area contributed by atoms with Gasteiger partial charge in [0.25, 0.3) is 0 Å². The first-order valence-electron chi connectivity index (χ1n) is 4.00. The minimum Gasteiger partial charge on any atom is -0.251 e. The van der Waals surface area contributed by atoms with Crippen LogP contribution in [0.5, 0.6) is 0 Å². The van der Waals surface area contributed by atoms with Crippen molar-refractivity contribution >= 4 is 45.7 Å². The maximum absolute atomic E-state index is 6.07. The molecule has 0 N–H and O–H groups in total. The minimum atomic E-state index is 0.501. The molecule has 0 amide bonds. The van der Waals surface area contributed by atoms with Crippen LogP contribution in [-0.4, -0.2) is 4.98 Å². The summed E-state index contributed by atoms with van der Waals surface area (Å²) in [5, 5.41) is 2.50. The van der Waals surface area contributed by atoms with Gasteiger partial charge < -0.3 is 0 Å². The highest BCUT2D eigenvalue weighted by atomic mass is 35.5. The molecule has 0 aliphatic carbocycles. The lowest BCUT2D eigenvalue weighted by atomic mass is 10.2. The fourth-order valence-electron chi connectivity index (χ4n) is 1.29. The number of hydrogen-bond donors (Lipinski definition) is 0. The number of nitrogens with zero attached hydrogens (tertiary/aromatic N) is 1. The number of rotatable bonds is 0. The standard InChI is InChI=1S/C10H6Cl3N/c1-5-9(12)10(13)7-3-2-6(11)4-8(7)14-5/h2-4H,1H3. The average molecular weight is 247 g/mol. The Labute approximate surface area is 96.6 Å². The van der Waals surface area contributed by atoms with Crippen molar-refractivity contribution in [1.82, 2.24) is 4.98 Å². The van der Waals surface area contributed by atoms with E-state index in [1.165, 1.54) is 0 Å². The van der Waals surface area contributed by atoms with Gasteiger partial charge in [0, 0.05) is 10.4 Å². The van der Waals surface area contributed by atoms with E-state index >= 15 is 0 Å². The summed E-state index contributed by atoms with van der Waals surface area (Å²) in [6, 6.07) is 5.35. The molecule has 0 aliphatic heterocycles. The zero-order chi connectivity index (χ0) is 10.3. The molecular formula is C10H6Cl3N. The van der Waals surface area contributed by atoms with E-state index in [9.17, 15) is 0 Å². The van der Waals surface area contributed by atoms with Crippen LogP contribution in [0.25, 0.3) is 10.9 Å². The van der Waals surface area contributed by atoms with E-state index in [0.717, 1.165) is 10.9 Å². The third kappa shape index (κ3) is 1.56. The van der Waals surface area contributed by atoms with Crippen molar-refractivity contribution in [3.8, 4) is 0 Å². The zero-order valence-electron chi connectivity index (χ0n) is 7.31. The van der Waals surface area contributed by atoms with Crippen molar-refractivity contribution in [3.05, 3.63) is 39.0 Å². The Morgan fingerprint density at radius 3 is 2.50 bits per heavy atom. The molecule has 1 aromatic heterocycles. The molecule has 14 heavy (non-hydrogen) atoms. The quantitative estimate of drug-likeness (QED) is 0.667. The van der Waals surface area contributed by atoms with Gasteiger partial charge in [0.15, 0.2) is 0 Å². The van der Waals surface area contributed by atoms with Crippen LogP contribution in [0.1, 0.15) is 5.69 Å². The predicted octanol–water partition coefficient (Wildman–Crippen LogP) is 4.50. The van der Waals surface area contributed by atoms with Gasteiger partial charge in [-0.3, -0.25) is 4.98 Å². The first-order chi connectivity index (χ1) is 6.59. The summed E-state index contributed by atoms with van der Waals surface area (Å²) in [6.45, 7) is 1.81. The van der Waals surface area contributed by atoms with E-state index in [1.807, 2.05) is 13.0 Å². The van der Waals surface area contributed by atoms with Gasteiger partial charge in [0.2, 0.25) is 0 Å². The third-order valence-corrected chi connectivity index (χ3v) is 3.18. The molecule has 72 valence electrons. The molecule has 2 rings (SSSR count). The van der Waals surface area contributed by atoms with Crippen molar-refractivity contribution in [2.75, 3.05) is 0 Å². The van der Waals surface area contributed by atoms with Gasteiger partial charge in [0.05, 0.1) is 21.3 Å². The summed E-state index contributed by atoms with van der Waals surface area (Å²) in [6.07, 6.45) is 0. The molecule has 1 aromatic carbocycles. The Bertz CT molecular complexity index is 508. The molecule has 0 aliphatic rings. The SMILES string of the molecule is Cc1nc2cc(Cl)ccc2c(Cl)c1Cl. The monoisotopic (exact) mass is 245 g/mol. The lowest BCUT2D eigenvalue weighted by molar-refractivity contribution is 1.26. The van der Waals surface area contributed by atoms with Crippen molar-refractivity contribution in [2.45, 2.75) is 6.92 Å². The largest absolute Gasteiger partial charge is 0.251 e. The average Bonchev–Trinajstić information content (AvgIpc) is 2.14. The third-order valence-electron chi connectivity index (χ3n) is 1.99.